The highest BCUT2D eigenvalue weighted by atomic mass is 35.5. The predicted molar refractivity (Wildman–Crippen MR) is 97.9 cm³/mol. The van der Waals surface area contributed by atoms with E-state index >= 15 is 0 Å². The first-order valence-electron chi connectivity index (χ1n) is 8.48. The molecule has 126 valence electrons. The number of aryl methyl sites for hydroxylation is 1. The van der Waals surface area contributed by atoms with E-state index in [1.807, 2.05) is 0 Å². The maximum absolute atomic E-state index is 8.57. The summed E-state index contributed by atoms with van der Waals surface area (Å²) >= 11 is 6.32. The van der Waals surface area contributed by atoms with Crippen LogP contribution in [0.5, 0.6) is 0 Å². The Morgan fingerprint density at radius 1 is 1.30 bits per heavy atom. The van der Waals surface area contributed by atoms with Crippen LogP contribution in [0.15, 0.2) is 24.8 Å². The van der Waals surface area contributed by atoms with Crippen molar-refractivity contribution in [2.75, 3.05) is 11.4 Å². The van der Waals surface area contributed by atoms with Gasteiger partial charge in [0.25, 0.3) is 0 Å². The summed E-state index contributed by atoms with van der Waals surface area (Å²) in [5, 5.41) is 0.865. The first-order valence-corrected chi connectivity index (χ1v) is 8.85. The van der Waals surface area contributed by atoms with E-state index in [1.54, 1.807) is 0 Å². The Labute approximate surface area is 144 Å². The third-order valence-corrected chi connectivity index (χ3v) is 5.60. The number of nitrogens with zero attached hydrogens (tertiary/aromatic N) is 1. The lowest BCUT2D eigenvalue weighted by Gasteiger charge is -2.46. The molecule has 2 fully saturated rings. The first-order chi connectivity index (χ1) is 11.0. The summed E-state index contributed by atoms with van der Waals surface area (Å²) in [6, 6.07) is 6.93. The van der Waals surface area contributed by atoms with Crippen LogP contribution in [0.25, 0.3) is 0 Å². The average Bonchev–Trinajstić information content (AvgIpc) is 2.99. The summed E-state index contributed by atoms with van der Waals surface area (Å²) in [7, 11) is 0. The van der Waals surface area contributed by atoms with Crippen molar-refractivity contribution in [2.45, 2.75) is 63.5 Å². The standard InChI is InChI=1S/C17H25ClN2.C2H2O/c1-13-7-8-14(12-15(13)18)20-11-5-2-6-16(20)17(19)9-3-4-10-17;1-2-3/h7-8,12,16H,2-6,9-11,19H2,1H3;1H2. The number of benzene rings is 1. The minimum absolute atomic E-state index is 0.0117. The van der Waals surface area contributed by atoms with Crippen LogP contribution in [0, 0.1) is 6.92 Å². The first kappa shape index (κ1) is 18.1. The molecular formula is C19H27ClN2O. The van der Waals surface area contributed by atoms with Crippen LogP contribution in [0.2, 0.25) is 5.02 Å². The van der Waals surface area contributed by atoms with E-state index in [9.17, 15) is 0 Å². The second-order valence-electron chi connectivity index (χ2n) is 6.72. The molecule has 1 atom stereocenters. The van der Waals surface area contributed by atoms with E-state index in [0.29, 0.717) is 6.04 Å². The summed E-state index contributed by atoms with van der Waals surface area (Å²) in [5.41, 5.74) is 9.16. The van der Waals surface area contributed by atoms with Gasteiger partial charge < -0.3 is 10.6 Å². The van der Waals surface area contributed by atoms with Gasteiger partial charge in [-0.25, -0.2) is 4.79 Å². The second kappa shape index (κ2) is 8.01. The highest BCUT2D eigenvalue weighted by molar-refractivity contribution is 6.31. The normalized spacial score (nSPS) is 22.9. The molecule has 3 nitrogen and oxygen atoms in total. The van der Waals surface area contributed by atoms with Crippen LogP contribution in [0.1, 0.15) is 50.5 Å². The molecule has 2 aliphatic rings. The third kappa shape index (κ3) is 4.17. The minimum Gasteiger partial charge on any atom is -0.367 e. The fourth-order valence-electron chi connectivity index (χ4n) is 3.97. The van der Waals surface area contributed by atoms with Crippen molar-refractivity contribution in [3.05, 3.63) is 35.4 Å². The topological polar surface area (TPSA) is 46.3 Å². The van der Waals surface area contributed by atoms with Crippen molar-refractivity contribution in [3.8, 4) is 0 Å². The van der Waals surface area contributed by atoms with Crippen LogP contribution in [0.3, 0.4) is 0 Å². The monoisotopic (exact) mass is 334 g/mol. The quantitative estimate of drug-likeness (QED) is 0.821. The molecule has 1 aliphatic heterocycles. The number of anilines is 1. The number of carbonyl (C=O) groups excluding carboxylic acids is 1. The van der Waals surface area contributed by atoms with Gasteiger partial charge in [-0.15, -0.1) is 0 Å². The third-order valence-electron chi connectivity index (χ3n) is 5.19. The zero-order valence-corrected chi connectivity index (χ0v) is 14.7. The van der Waals surface area contributed by atoms with E-state index in [1.165, 1.54) is 56.6 Å². The molecule has 0 amide bonds. The lowest BCUT2D eigenvalue weighted by atomic mass is 9.82. The number of rotatable bonds is 2. The average molecular weight is 335 g/mol. The fraction of sp³-hybridized carbons (Fsp3) is 0.579. The van der Waals surface area contributed by atoms with Gasteiger partial charge in [0, 0.05) is 28.8 Å². The predicted octanol–water partition coefficient (Wildman–Crippen LogP) is 4.28. The molecule has 1 heterocycles. The van der Waals surface area contributed by atoms with Gasteiger partial charge in [0.15, 0.2) is 0 Å². The van der Waals surface area contributed by atoms with Gasteiger partial charge in [-0.05, 0) is 63.3 Å². The van der Waals surface area contributed by atoms with Crippen molar-refractivity contribution in [1.29, 1.82) is 0 Å². The van der Waals surface area contributed by atoms with Gasteiger partial charge in [0.05, 0.1) is 0 Å². The molecule has 1 aromatic carbocycles. The number of hydrogen-bond acceptors (Lipinski definition) is 3. The molecule has 0 aromatic heterocycles. The van der Waals surface area contributed by atoms with E-state index in [0.717, 1.165) is 17.1 Å². The molecule has 0 spiro atoms. The Morgan fingerprint density at radius 3 is 2.57 bits per heavy atom. The van der Waals surface area contributed by atoms with E-state index in [-0.39, 0.29) is 5.54 Å². The maximum atomic E-state index is 8.57. The molecule has 1 saturated carbocycles. The van der Waals surface area contributed by atoms with Crippen molar-refractivity contribution in [1.82, 2.24) is 0 Å². The number of nitrogens with two attached hydrogens (primary N) is 1. The fourth-order valence-corrected chi connectivity index (χ4v) is 4.14. The second-order valence-corrected chi connectivity index (χ2v) is 7.13. The highest BCUT2D eigenvalue weighted by Gasteiger charge is 2.41. The molecular weight excluding hydrogens is 308 g/mol. The van der Waals surface area contributed by atoms with E-state index < -0.39 is 0 Å². The van der Waals surface area contributed by atoms with Gasteiger partial charge in [0.1, 0.15) is 5.94 Å². The Kier molecular flexibility index (Phi) is 6.29. The SMILES string of the molecule is C=C=O.Cc1ccc(N2CCCCC2C2(N)CCCC2)cc1Cl. The number of piperidine rings is 1. The van der Waals surface area contributed by atoms with E-state index in [2.05, 4.69) is 36.6 Å². The molecule has 23 heavy (non-hydrogen) atoms. The van der Waals surface area contributed by atoms with Crippen LogP contribution < -0.4 is 10.6 Å². The van der Waals surface area contributed by atoms with Crippen molar-refractivity contribution < 1.29 is 4.79 Å². The zero-order valence-electron chi connectivity index (χ0n) is 14.0. The van der Waals surface area contributed by atoms with Gasteiger partial charge in [-0.3, -0.25) is 0 Å². The zero-order chi connectivity index (χ0) is 16.9. The van der Waals surface area contributed by atoms with Crippen LogP contribution in [-0.4, -0.2) is 24.1 Å². The lowest BCUT2D eigenvalue weighted by Crippen LogP contribution is -2.59. The summed E-state index contributed by atoms with van der Waals surface area (Å²) in [4.78, 5) is 11.1. The highest BCUT2D eigenvalue weighted by Crippen LogP contribution is 2.39. The van der Waals surface area contributed by atoms with Gasteiger partial charge in [-0.1, -0.05) is 30.5 Å². The Morgan fingerprint density at radius 2 is 1.96 bits per heavy atom. The molecule has 4 heteroatoms. The molecule has 2 N–H and O–H groups in total. The molecule has 1 aliphatic carbocycles. The van der Waals surface area contributed by atoms with Crippen molar-refractivity contribution in [2.24, 2.45) is 5.73 Å². The number of halogens is 1. The van der Waals surface area contributed by atoms with E-state index in [4.69, 9.17) is 22.1 Å². The van der Waals surface area contributed by atoms with Crippen LogP contribution in [-0.2, 0) is 4.79 Å². The summed E-state index contributed by atoms with van der Waals surface area (Å²) in [6.45, 7) is 5.85. The van der Waals surface area contributed by atoms with Gasteiger partial charge >= 0.3 is 0 Å². The van der Waals surface area contributed by atoms with Gasteiger partial charge in [-0.2, -0.15) is 0 Å². The van der Waals surface area contributed by atoms with Gasteiger partial charge in [0.2, 0.25) is 0 Å². The molecule has 1 unspecified atom stereocenters. The summed E-state index contributed by atoms with van der Waals surface area (Å²) in [6.07, 6.45) is 8.71. The largest absolute Gasteiger partial charge is 0.367 e. The summed E-state index contributed by atoms with van der Waals surface area (Å²) in [5.74, 6) is 1.25. The Hall–Kier alpha value is -1.28. The van der Waals surface area contributed by atoms with Crippen LogP contribution in [0.4, 0.5) is 5.69 Å². The van der Waals surface area contributed by atoms with Crippen molar-refractivity contribution in [3.63, 3.8) is 0 Å². The Balaban J connectivity index is 0.000000595. The molecule has 3 rings (SSSR count). The molecule has 0 bridgehead atoms. The molecule has 0 radical (unpaired) electrons. The smallest absolute Gasteiger partial charge is 0.116 e. The van der Waals surface area contributed by atoms with Crippen LogP contribution >= 0.6 is 11.6 Å². The number of hydrogen-bond donors (Lipinski definition) is 1. The molecule has 1 aromatic rings. The maximum Gasteiger partial charge on any atom is 0.116 e. The summed E-state index contributed by atoms with van der Waals surface area (Å²) < 4.78 is 0. The lowest BCUT2D eigenvalue weighted by molar-refractivity contribution is 0.289. The van der Waals surface area contributed by atoms with Crippen molar-refractivity contribution >= 4 is 23.2 Å². The Bertz CT molecular complexity index is 560. The minimum atomic E-state index is 0.0117. The molecule has 1 saturated heterocycles.